The van der Waals surface area contributed by atoms with E-state index >= 15 is 0 Å². The predicted octanol–water partition coefficient (Wildman–Crippen LogP) is 6.18. The molecule has 0 radical (unpaired) electrons. The van der Waals surface area contributed by atoms with Gasteiger partial charge in [-0.25, -0.2) is 4.98 Å². The van der Waals surface area contributed by atoms with Crippen molar-refractivity contribution in [1.82, 2.24) is 9.88 Å². The summed E-state index contributed by atoms with van der Waals surface area (Å²) in [6.45, 7) is 7.72. The third-order valence-electron chi connectivity index (χ3n) is 8.91. The van der Waals surface area contributed by atoms with E-state index in [1.807, 2.05) is 42.2 Å². The number of aliphatic carboxylic acids is 1. The van der Waals surface area contributed by atoms with Gasteiger partial charge in [-0.2, -0.15) is 0 Å². The third-order valence-corrected chi connectivity index (χ3v) is 9.81. The number of ether oxygens (including phenoxy) is 1. The molecule has 2 saturated heterocycles. The first-order valence-corrected chi connectivity index (χ1v) is 15.3. The van der Waals surface area contributed by atoms with Crippen LogP contribution in [0.3, 0.4) is 0 Å². The SMILES string of the molecule is Cc1ccc(OCc2ccc(C(=O)N3CCCCC3)cc2C)c(-c2csc(N3C[C@H]4CC[C@@H](C3)C4C(=O)O)n2)c1. The number of piperidine rings is 2. The molecule has 6 rings (SSSR count). The average Bonchev–Trinajstić information content (AvgIpc) is 3.55. The summed E-state index contributed by atoms with van der Waals surface area (Å²) < 4.78 is 6.36. The van der Waals surface area contributed by atoms with Crippen LogP contribution in [0.25, 0.3) is 11.3 Å². The van der Waals surface area contributed by atoms with Gasteiger partial charge >= 0.3 is 5.97 Å². The Balaban J connectivity index is 1.16. The average molecular weight is 560 g/mol. The van der Waals surface area contributed by atoms with Gasteiger partial charge in [-0.1, -0.05) is 17.7 Å². The monoisotopic (exact) mass is 559 g/mol. The molecule has 1 saturated carbocycles. The number of benzene rings is 2. The second-order valence-corrected chi connectivity index (χ2v) is 12.5. The lowest BCUT2D eigenvalue weighted by Gasteiger charge is -2.35. The molecule has 3 aromatic rings. The Hall–Kier alpha value is -3.39. The van der Waals surface area contributed by atoms with Crippen molar-refractivity contribution in [3.05, 3.63) is 64.0 Å². The number of rotatable bonds is 7. The fourth-order valence-electron chi connectivity index (χ4n) is 6.71. The van der Waals surface area contributed by atoms with Gasteiger partial charge in [0, 0.05) is 42.7 Å². The normalized spacial score (nSPS) is 22.4. The number of nitrogens with zero attached hydrogens (tertiary/aromatic N) is 3. The first-order valence-electron chi connectivity index (χ1n) is 14.4. The number of aryl methyl sites for hydroxylation is 2. The summed E-state index contributed by atoms with van der Waals surface area (Å²) in [6, 6.07) is 12.1. The first kappa shape index (κ1) is 26.8. The van der Waals surface area contributed by atoms with E-state index < -0.39 is 5.97 Å². The molecule has 40 heavy (non-hydrogen) atoms. The lowest BCUT2D eigenvalue weighted by molar-refractivity contribution is -0.144. The molecule has 3 atom stereocenters. The number of hydrogen-bond donors (Lipinski definition) is 1. The number of fused-ring (bicyclic) bond motifs is 2. The van der Waals surface area contributed by atoms with Crippen molar-refractivity contribution in [3.63, 3.8) is 0 Å². The van der Waals surface area contributed by atoms with E-state index in [4.69, 9.17) is 9.72 Å². The highest BCUT2D eigenvalue weighted by molar-refractivity contribution is 7.14. The van der Waals surface area contributed by atoms with Crippen molar-refractivity contribution >= 4 is 28.3 Å². The van der Waals surface area contributed by atoms with Crippen LogP contribution < -0.4 is 9.64 Å². The van der Waals surface area contributed by atoms with Crippen molar-refractivity contribution in [3.8, 4) is 17.0 Å². The lowest BCUT2D eigenvalue weighted by atomic mass is 9.85. The summed E-state index contributed by atoms with van der Waals surface area (Å²) in [6.07, 6.45) is 5.34. The van der Waals surface area contributed by atoms with Gasteiger partial charge in [0.25, 0.3) is 5.91 Å². The van der Waals surface area contributed by atoms with Gasteiger partial charge in [-0.3, -0.25) is 9.59 Å². The predicted molar refractivity (Wildman–Crippen MR) is 157 cm³/mol. The maximum atomic E-state index is 12.9. The molecule has 0 spiro atoms. The number of amides is 1. The molecule has 8 heteroatoms. The molecule has 2 aliphatic heterocycles. The number of carboxylic acid groups (broad SMARTS) is 1. The van der Waals surface area contributed by atoms with Crippen molar-refractivity contribution in [2.45, 2.75) is 52.6 Å². The largest absolute Gasteiger partial charge is 0.488 e. The van der Waals surface area contributed by atoms with Gasteiger partial charge in [-0.15, -0.1) is 11.3 Å². The minimum atomic E-state index is -0.646. The maximum Gasteiger partial charge on any atom is 0.307 e. The fraction of sp³-hybridized carbons (Fsp3) is 0.469. The zero-order chi connectivity index (χ0) is 27.8. The van der Waals surface area contributed by atoms with Crippen LogP contribution in [0, 0.1) is 31.6 Å². The lowest BCUT2D eigenvalue weighted by Crippen LogP contribution is -2.44. The van der Waals surface area contributed by atoms with E-state index in [2.05, 4.69) is 23.3 Å². The Kier molecular flexibility index (Phi) is 7.53. The van der Waals surface area contributed by atoms with Gasteiger partial charge < -0.3 is 19.6 Å². The number of anilines is 1. The smallest absolute Gasteiger partial charge is 0.307 e. The minimum absolute atomic E-state index is 0.121. The highest BCUT2D eigenvalue weighted by Gasteiger charge is 2.46. The second kappa shape index (κ2) is 11.2. The van der Waals surface area contributed by atoms with Crippen LogP contribution in [-0.4, -0.2) is 53.0 Å². The third kappa shape index (κ3) is 5.33. The molecule has 1 unspecified atom stereocenters. The van der Waals surface area contributed by atoms with E-state index in [1.165, 1.54) is 6.42 Å². The van der Waals surface area contributed by atoms with Crippen LogP contribution in [-0.2, 0) is 11.4 Å². The van der Waals surface area contributed by atoms with E-state index in [-0.39, 0.29) is 23.7 Å². The molecule has 2 aromatic carbocycles. The number of carbonyl (C=O) groups excluding carboxylic acids is 1. The molecule has 7 nitrogen and oxygen atoms in total. The van der Waals surface area contributed by atoms with Gasteiger partial charge in [0.1, 0.15) is 12.4 Å². The molecular formula is C32H37N3O4S. The van der Waals surface area contributed by atoms with Crippen LogP contribution in [0.15, 0.2) is 41.8 Å². The fourth-order valence-corrected chi connectivity index (χ4v) is 7.56. The van der Waals surface area contributed by atoms with Crippen LogP contribution in [0.5, 0.6) is 5.75 Å². The van der Waals surface area contributed by atoms with Crippen LogP contribution in [0.1, 0.15) is 59.2 Å². The number of thiazole rings is 1. The number of hydrogen-bond acceptors (Lipinski definition) is 6. The number of carboxylic acids is 1. The number of aromatic nitrogens is 1. The quantitative estimate of drug-likeness (QED) is 0.372. The summed E-state index contributed by atoms with van der Waals surface area (Å²) >= 11 is 1.62. The van der Waals surface area contributed by atoms with Crippen LogP contribution in [0.2, 0.25) is 0 Å². The zero-order valence-electron chi connectivity index (χ0n) is 23.3. The molecule has 1 aromatic heterocycles. The molecule has 2 bridgehead atoms. The van der Waals surface area contributed by atoms with Gasteiger partial charge in [0.05, 0.1) is 11.6 Å². The standard InChI is InChI=1S/C32H37N3O4S/c1-20-6-11-28(39-18-25-10-7-22(15-21(25)2)30(36)34-12-4-3-5-13-34)26(14-20)27-19-40-32(33-27)35-16-23-8-9-24(17-35)29(23)31(37)38/h6-7,10-11,14-15,19,23-24,29H,3-5,8-9,12-13,16-18H2,1-2H3,(H,37,38)/t23-,24+,29?. The Morgan fingerprint density at radius 2 is 1.77 bits per heavy atom. The van der Waals surface area contributed by atoms with Crippen molar-refractivity contribution < 1.29 is 19.4 Å². The molecule has 210 valence electrons. The molecule has 3 fully saturated rings. The van der Waals surface area contributed by atoms with Crippen molar-refractivity contribution in [1.29, 1.82) is 0 Å². The first-order chi connectivity index (χ1) is 19.4. The Labute approximate surface area is 239 Å². The highest BCUT2D eigenvalue weighted by atomic mass is 32.1. The molecule has 3 heterocycles. The Morgan fingerprint density at radius 1 is 1.02 bits per heavy atom. The zero-order valence-corrected chi connectivity index (χ0v) is 24.1. The maximum absolute atomic E-state index is 12.9. The van der Waals surface area contributed by atoms with Crippen molar-refractivity contribution in [2.24, 2.45) is 17.8 Å². The molecule has 1 N–H and O–H groups in total. The molecular weight excluding hydrogens is 522 g/mol. The summed E-state index contributed by atoms with van der Waals surface area (Å²) in [5.41, 5.74) is 5.82. The topological polar surface area (TPSA) is 83.0 Å². The van der Waals surface area contributed by atoms with Crippen molar-refractivity contribution in [2.75, 3.05) is 31.1 Å². The number of likely N-dealkylation sites (tertiary alicyclic amines) is 1. The van der Waals surface area contributed by atoms with E-state index in [9.17, 15) is 14.7 Å². The van der Waals surface area contributed by atoms with Gasteiger partial charge in [-0.05, 0) is 93.2 Å². The van der Waals surface area contributed by atoms with Crippen LogP contribution in [0.4, 0.5) is 5.13 Å². The molecule has 3 aliphatic rings. The highest BCUT2D eigenvalue weighted by Crippen LogP contribution is 2.44. The van der Waals surface area contributed by atoms with Gasteiger partial charge in [0.15, 0.2) is 5.13 Å². The summed E-state index contributed by atoms with van der Waals surface area (Å²) in [4.78, 5) is 33.9. The molecule has 1 aliphatic carbocycles. The Morgan fingerprint density at radius 3 is 2.48 bits per heavy atom. The van der Waals surface area contributed by atoms with E-state index in [0.717, 1.165) is 96.3 Å². The summed E-state index contributed by atoms with van der Waals surface area (Å²) in [7, 11) is 0. The summed E-state index contributed by atoms with van der Waals surface area (Å²) in [5.74, 6) is 0.438. The van der Waals surface area contributed by atoms with Crippen LogP contribution >= 0.6 is 11.3 Å². The second-order valence-electron chi connectivity index (χ2n) is 11.7. The number of carbonyl (C=O) groups is 2. The minimum Gasteiger partial charge on any atom is -0.488 e. The van der Waals surface area contributed by atoms with E-state index in [0.29, 0.717) is 6.61 Å². The summed E-state index contributed by atoms with van der Waals surface area (Å²) in [5, 5.41) is 12.7. The van der Waals surface area contributed by atoms with E-state index in [1.54, 1.807) is 11.3 Å². The van der Waals surface area contributed by atoms with Gasteiger partial charge in [0.2, 0.25) is 0 Å². The molecule has 1 amide bonds. The Bertz CT molecular complexity index is 1400.